The van der Waals surface area contributed by atoms with Crippen molar-refractivity contribution < 1.29 is 9.47 Å². The second kappa shape index (κ2) is 3.58. The van der Waals surface area contributed by atoms with Gasteiger partial charge in [-0.1, -0.05) is 0 Å². The SMILES string of the molecule is COc1ccc(OC2CC2)c(Br)c1. The van der Waals surface area contributed by atoms with Crippen LogP contribution in [0.1, 0.15) is 12.8 Å². The number of hydrogen-bond acceptors (Lipinski definition) is 2. The van der Waals surface area contributed by atoms with E-state index >= 15 is 0 Å². The Bertz CT molecular complexity index is 308. The summed E-state index contributed by atoms with van der Waals surface area (Å²) in [6.45, 7) is 0. The van der Waals surface area contributed by atoms with Crippen LogP contribution in [0.5, 0.6) is 11.5 Å². The molecule has 0 aromatic heterocycles. The maximum absolute atomic E-state index is 5.65. The van der Waals surface area contributed by atoms with E-state index in [4.69, 9.17) is 9.47 Å². The van der Waals surface area contributed by atoms with E-state index in [0.29, 0.717) is 6.10 Å². The third-order valence-electron chi connectivity index (χ3n) is 1.96. The van der Waals surface area contributed by atoms with E-state index in [9.17, 15) is 0 Å². The Morgan fingerprint density at radius 1 is 1.38 bits per heavy atom. The first-order valence-corrected chi connectivity index (χ1v) is 5.09. The lowest BCUT2D eigenvalue weighted by Gasteiger charge is -2.07. The number of halogens is 1. The van der Waals surface area contributed by atoms with Crippen LogP contribution in [-0.2, 0) is 0 Å². The van der Waals surface area contributed by atoms with Crippen molar-refractivity contribution in [1.29, 1.82) is 0 Å². The van der Waals surface area contributed by atoms with Crippen molar-refractivity contribution in [3.05, 3.63) is 22.7 Å². The lowest BCUT2D eigenvalue weighted by Crippen LogP contribution is -1.96. The van der Waals surface area contributed by atoms with E-state index in [1.165, 1.54) is 12.8 Å². The van der Waals surface area contributed by atoms with Gasteiger partial charge in [0.25, 0.3) is 0 Å². The van der Waals surface area contributed by atoms with Crippen LogP contribution >= 0.6 is 15.9 Å². The molecule has 2 nitrogen and oxygen atoms in total. The zero-order valence-corrected chi connectivity index (χ0v) is 9.00. The highest BCUT2D eigenvalue weighted by atomic mass is 79.9. The van der Waals surface area contributed by atoms with Gasteiger partial charge in [0.1, 0.15) is 11.5 Å². The first kappa shape index (κ1) is 8.88. The van der Waals surface area contributed by atoms with Crippen molar-refractivity contribution in [2.75, 3.05) is 7.11 Å². The van der Waals surface area contributed by atoms with Crippen LogP contribution in [0.2, 0.25) is 0 Å². The number of rotatable bonds is 3. The van der Waals surface area contributed by atoms with E-state index in [0.717, 1.165) is 16.0 Å². The average Bonchev–Trinajstić information content (AvgIpc) is 2.92. The van der Waals surface area contributed by atoms with Gasteiger partial charge in [-0.25, -0.2) is 0 Å². The molecule has 0 amide bonds. The molecular formula is C10H11BrO2. The lowest BCUT2D eigenvalue weighted by molar-refractivity contribution is 0.300. The minimum Gasteiger partial charge on any atom is -0.497 e. The fourth-order valence-corrected chi connectivity index (χ4v) is 1.52. The van der Waals surface area contributed by atoms with E-state index in [1.54, 1.807) is 7.11 Å². The first-order chi connectivity index (χ1) is 6.29. The highest BCUT2D eigenvalue weighted by Gasteiger charge is 2.24. The summed E-state index contributed by atoms with van der Waals surface area (Å²) in [4.78, 5) is 0. The molecule has 70 valence electrons. The summed E-state index contributed by atoms with van der Waals surface area (Å²) in [6.07, 6.45) is 2.79. The molecular weight excluding hydrogens is 232 g/mol. The Kier molecular flexibility index (Phi) is 2.44. The van der Waals surface area contributed by atoms with E-state index in [2.05, 4.69) is 15.9 Å². The van der Waals surface area contributed by atoms with Crippen LogP contribution in [0.15, 0.2) is 22.7 Å². The van der Waals surface area contributed by atoms with Crippen LogP contribution in [-0.4, -0.2) is 13.2 Å². The van der Waals surface area contributed by atoms with Gasteiger partial charge in [0.05, 0.1) is 17.7 Å². The Hall–Kier alpha value is -0.700. The highest BCUT2D eigenvalue weighted by Crippen LogP contribution is 2.34. The third kappa shape index (κ3) is 2.15. The third-order valence-corrected chi connectivity index (χ3v) is 2.58. The van der Waals surface area contributed by atoms with Crippen LogP contribution in [0.25, 0.3) is 0 Å². The van der Waals surface area contributed by atoms with Gasteiger partial charge < -0.3 is 9.47 Å². The van der Waals surface area contributed by atoms with E-state index in [1.807, 2.05) is 18.2 Å². The molecule has 13 heavy (non-hydrogen) atoms. The van der Waals surface area contributed by atoms with Gasteiger partial charge in [-0.05, 0) is 47.0 Å². The number of benzene rings is 1. The van der Waals surface area contributed by atoms with Gasteiger partial charge in [0.15, 0.2) is 0 Å². The molecule has 0 saturated heterocycles. The molecule has 1 saturated carbocycles. The van der Waals surface area contributed by atoms with E-state index in [-0.39, 0.29) is 0 Å². The maximum Gasteiger partial charge on any atom is 0.134 e. The Morgan fingerprint density at radius 3 is 2.69 bits per heavy atom. The quantitative estimate of drug-likeness (QED) is 0.812. The zero-order valence-electron chi connectivity index (χ0n) is 7.42. The summed E-state index contributed by atoms with van der Waals surface area (Å²) >= 11 is 3.44. The number of ether oxygens (including phenoxy) is 2. The summed E-state index contributed by atoms with van der Waals surface area (Å²) in [5.74, 6) is 1.75. The maximum atomic E-state index is 5.65. The second-order valence-electron chi connectivity index (χ2n) is 3.11. The smallest absolute Gasteiger partial charge is 0.134 e. The van der Waals surface area contributed by atoms with Gasteiger partial charge in [0, 0.05) is 0 Å². The number of hydrogen-bond donors (Lipinski definition) is 0. The molecule has 0 atom stereocenters. The Morgan fingerprint density at radius 2 is 2.15 bits per heavy atom. The van der Waals surface area contributed by atoms with Crippen LogP contribution in [0, 0.1) is 0 Å². The van der Waals surface area contributed by atoms with Gasteiger partial charge in [-0.15, -0.1) is 0 Å². The molecule has 0 N–H and O–H groups in total. The van der Waals surface area contributed by atoms with Crippen molar-refractivity contribution in [2.24, 2.45) is 0 Å². The normalized spacial score (nSPS) is 15.5. The summed E-state index contributed by atoms with van der Waals surface area (Å²) in [6, 6.07) is 5.75. The number of methoxy groups -OCH3 is 1. The Labute approximate surface area is 86.0 Å². The summed E-state index contributed by atoms with van der Waals surface area (Å²) < 4.78 is 11.7. The fraction of sp³-hybridized carbons (Fsp3) is 0.400. The molecule has 1 aromatic carbocycles. The molecule has 0 unspecified atom stereocenters. The van der Waals surface area contributed by atoms with Crippen molar-refractivity contribution in [3.63, 3.8) is 0 Å². The van der Waals surface area contributed by atoms with Crippen molar-refractivity contribution in [3.8, 4) is 11.5 Å². The average molecular weight is 243 g/mol. The summed E-state index contributed by atoms with van der Waals surface area (Å²) in [7, 11) is 1.66. The van der Waals surface area contributed by atoms with Crippen LogP contribution in [0.3, 0.4) is 0 Å². The van der Waals surface area contributed by atoms with Crippen molar-refractivity contribution >= 4 is 15.9 Å². The monoisotopic (exact) mass is 242 g/mol. The van der Waals surface area contributed by atoms with Crippen LogP contribution < -0.4 is 9.47 Å². The predicted molar refractivity (Wildman–Crippen MR) is 54.3 cm³/mol. The molecule has 0 radical (unpaired) electrons. The molecule has 2 rings (SSSR count). The minimum atomic E-state index is 0.435. The summed E-state index contributed by atoms with van der Waals surface area (Å²) in [5.41, 5.74) is 0. The molecule has 0 heterocycles. The highest BCUT2D eigenvalue weighted by molar-refractivity contribution is 9.10. The lowest BCUT2D eigenvalue weighted by atomic mass is 10.3. The summed E-state index contributed by atoms with van der Waals surface area (Å²) in [5, 5.41) is 0. The van der Waals surface area contributed by atoms with Gasteiger partial charge >= 0.3 is 0 Å². The standard InChI is InChI=1S/C10H11BrO2/c1-12-8-4-5-10(9(11)6-8)13-7-2-3-7/h4-7H,2-3H2,1H3. The molecule has 1 aliphatic rings. The molecule has 1 fully saturated rings. The molecule has 0 spiro atoms. The van der Waals surface area contributed by atoms with Gasteiger partial charge in [0.2, 0.25) is 0 Å². The predicted octanol–water partition coefficient (Wildman–Crippen LogP) is 3.00. The molecule has 1 aromatic rings. The van der Waals surface area contributed by atoms with Crippen molar-refractivity contribution in [2.45, 2.75) is 18.9 Å². The van der Waals surface area contributed by atoms with Gasteiger partial charge in [-0.2, -0.15) is 0 Å². The van der Waals surface area contributed by atoms with Gasteiger partial charge in [-0.3, -0.25) is 0 Å². The first-order valence-electron chi connectivity index (χ1n) is 4.30. The Balaban J connectivity index is 2.15. The van der Waals surface area contributed by atoms with Crippen LogP contribution in [0.4, 0.5) is 0 Å². The van der Waals surface area contributed by atoms with E-state index < -0.39 is 0 Å². The molecule has 0 aliphatic heterocycles. The largest absolute Gasteiger partial charge is 0.497 e. The van der Waals surface area contributed by atoms with Crippen molar-refractivity contribution in [1.82, 2.24) is 0 Å². The molecule has 0 bridgehead atoms. The second-order valence-corrected chi connectivity index (χ2v) is 3.97. The molecule has 1 aliphatic carbocycles. The topological polar surface area (TPSA) is 18.5 Å². The minimum absolute atomic E-state index is 0.435. The zero-order chi connectivity index (χ0) is 9.26. The molecule has 3 heteroatoms. The fourth-order valence-electron chi connectivity index (χ4n) is 1.07.